The summed E-state index contributed by atoms with van der Waals surface area (Å²) >= 11 is 0. The van der Waals surface area contributed by atoms with E-state index in [0.29, 0.717) is 13.2 Å². The Morgan fingerprint density at radius 1 is 1.56 bits per heavy atom. The van der Waals surface area contributed by atoms with Gasteiger partial charge in [-0.3, -0.25) is 0 Å². The van der Waals surface area contributed by atoms with Crippen molar-refractivity contribution in [3.8, 4) is 5.75 Å². The van der Waals surface area contributed by atoms with Crippen LogP contribution in [0.25, 0.3) is 0 Å². The molecule has 1 aliphatic rings. The molecule has 2 N–H and O–H groups in total. The molecule has 4 nitrogen and oxygen atoms in total. The van der Waals surface area contributed by atoms with Gasteiger partial charge in [-0.05, 0) is 11.6 Å². The van der Waals surface area contributed by atoms with Crippen molar-refractivity contribution in [3.63, 3.8) is 0 Å². The molecule has 1 saturated heterocycles. The Balaban J connectivity index is 2.13. The van der Waals surface area contributed by atoms with Gasteiger partial charge in [-0.2, -0.15) is 0 Å². The second-order valence-electron chi connectivity index (χ2n) is 3.88. The molecule has 16 heavy (non-hydrogen) atoms. The molecule has 0 radical (unpaired) electrons. The van der Waals surface area contributed by atoms with Gasteiger partial charge in [0.25, 0.3) is 0 Å². The molecule has 0 amide bonds. The minimum absolute atomic E-state index is 0.0382. The van der Waals surface area contributed by atoms with E-state index in [2.05, 4.69) is 5.32 Å². The van der Waals surface area contributed by atoms with Crippen LogP contribution in [0, 0.1) is 0 Å². The molecule has 0 aromatic heterocycles. The molecule has 0 saturated carbocycles. The Morgan fingerprint density at radius 3 is 3.06 bits per heavy atom. The first-order valence-electron chi connectivity index (χ1n) is 5.44. The van der Waals surface area contributed by atoms with Crippen molar-refractivity contribution in [2.24, 2.45) is 0 Å². The first-order chi connectivity index (χ1) is 7.81. The monoisotopic (exact) mass is 223 g/mol. The molecule has 4 heteroatoms. The summed E-state index contributed by atoms with van der Waals surface area (Å²) in [5, 5.41) is 13.1. The lowest BCUT2D eigenvalue weighted by Crippen LogP contribution is -2.33. The summed E-state index contributed by atoms with van der Waals surface area (Å²) in [7, 11) is 1.61. The largest absolute Gasteiger partial charge is 0.508 e. The number of aromatic hydroxyl groups is 1. The van der Waals surface area contributed by atoms with Crippen molar-refractivity contribution in [2.45, 2.75) is 12.7 Å². The standard InChI is InChI=1S/C12H17NO3/c1-15-8-10-3-2-9(6-11(10)14)12-7-13-4-5-16-12/h2-3,6,12-14H,4-5,7-8H2,1H3. The number of methoxy groups -OCH3 is 1. The van der Waals surface area contributed by atoms with Gasteiger partial charge in [0.15, 0.2) is 0 Å². The Morgan fingerprint density at radius 2 is 2.44 bits per heavy atom. The summed E-state index contributed by atoms with van der Waals surface area (Å²) in [5.74, 6) is 0.272. The topological polar surface area (TPSA) is 50.7 Å². The van der Waals surface area contributed by atoms with Crippen LogP contribution in [0.3, 0.4) is 0 Å². The van der Waals surface area contributed by atoms with Crippen LogP contribution < -0.4 is 5.32 Å². The van der Waals surface area contributed by atoms with E-state index < -0.39 is 0 Å². The highest BCUT2D eigenvalue weighted by Gasteiger charge is 2.16. The SMILES string of the molecule is COCc1ccc(C2CNCCO2)cc1O. The van der Waals surface area contributed by atoms with Crippen LogP contribution in [0.15, 0.2) is 18.2 Å². The summed E-state index contributed by atoms with van der Waals surface area (Å²) < 4.78 is 10.6. The second kappa shape index (κ2) is 5.30. The fourth-order valence-corrected chi connectivity index (χ4v) is 1.84. The van der Waals surface area contributed by atoms with Gasteiger partial charge in [0.2, 0.25) is 0 Å². The van der Waals surface area contributed by atoms with Crippen LogP contribution in [-0.2, 0) is 16.1 Å². The Hall–Kier alpha value is -1.10. The maximum atomic E-state index is 9.80. The fourth-order valence-electron chi connectivity index (χ4n) is 1.84. The fraction of sp³-hybridized carbons (Fsp3) is 0.500. The smallest absolute Gasteiger partial charge is 0.121 e. The molecule has 1 aliphatic heterocycles. The number of hydrogen-bond acceptors (Lipinski definition) is 4. The number of morpholine rings is 1. The third kappa shape index (κ3) is 2.52. The molecule has 1 aromatic rings. The highest BCUT2D eigenvalue weighted by Crippen LogP contribution is 2.25. The van der Waals surface area contributed by atoms with Crippen LogP contribution in [0.5, 0.6) is 5.75 Å². The summed E-state index contributed by atoms with van der Waals surface area (Å²) in [6.45, 7) is 2.83. The number of phenolic OH excluding ortho intramolecular Hbond substituents is 1. The molecule has 88 valence electrons. The van der Waals surface area contributed by atoms with E-state index >= 15 is 0 Å². The molecule has 1 unspecified atom stereocenters. The third-order valence-electron chi connectivity index (χ3n) is 2.71. The van der Waals surface area contributed by atoms with E-state index in [1.54, 1.807) is 13.2 Å². The van der Waals surface area contributed by atoms with E-state index in [-0.39, 0.29) is 11.9 Å². The number of hydrogen-bond donors (Lipinski definition) is 2. The van der Waals surface area contributed by atoms with E-state index in [4.69, 9.17) is 9.47 Å². The van der Waals surface area contributed by atoms with Gasteiger partial charge in [-0.25, -0.2) is 0 Å². The lowest BCUT2D eigenvalue weighted by Gasteiger charge is -2.24. The average Bonchev–Trinajstić information content (AvgIpc) is 2.33. The predicted molar refractivity (Wildman–Crippen MR) is 60.4 cm³/mol. The van der Waals surface area contributed by atoms with Crippen molar-refractivity contribution in [3.05, 3.63) is 29.3 Å². The average molecular weight is 223 g/mol. The van der Waals surface area contributed by atoms with Crippen LogP contribution in [0.4, 0.5) is 0 Å². The highest BCUT2D eigenvalue weighted by atomic mass is 16.5. The highest BCUT2D eigenvalue weighted by molar-refractivity contribution is 5.37. The minimum atomic E-state index is 0.0382. The summed E-state index contributed by atoms with van der Waals surface area (Å²) in [6, 6.07) is 5.61. The lowest BCUT2D eigenvalue weighted by atomic mass is 10.1. The van der Waals surface area contributed by atoms with E-state index in [0.717, 1.165) is 24.2 Å². The Labute approximate surface area is 95.2 Å². The lowest BCUT2D eigenvalue weighted by molar-refractivity contribution is 0.0275. The van der Waals surface area contributed by atoms with Gasteiger partial charge >= 0.3 is 0 Å². The van der Waals surface area contributed by atoms with Crippen LogP contribution in [0.2, 0.25) is 0 Å². The van der Waals surface area contributed by atoms with Crippen molar-refractivity contribution < 1.29 is 14.6 Å². The van der Waals surface area contributed by atoms with E-state index in [1.807, 2.05) is 12.1 Å². The molecule has 0 bridgehead atoms. The maximum absolute atomic E-state index is 9.80. The first-order valence-corrected chi connectivity index (χ1v) is 5.44. The quantitative estimate of drug-likeness (QED) is 0.808. The van der Waals surface area contributed by atoms with Gasteiger partial charge in [-0.15, -0.1) is 0 Å². The third-order valence-corrected chi connectivity index (χ3v) is 2.71. The van der Waals surface area contributed by atoms with Crippen LogP contribution >= 0.6 is 0 Å². The normalized spacial score (nSPS) is 20.9. The van der Waals surface area contributed by atoms with Crippen molar-refractivity contribution in [1.82, 2.24) is 5.32 Å². The Kier molecular flexibility index (Phi) is 3.77. The number of phenols is 1. The predicted octanol–water partition coefficient (Wildman–Crippen LogP) is 1.20. The first kappa shape index (κ1) is 11.4. The summed E-state index contributed by atoms with van der Waals surface area (Å²) in [4.78, 5) is 0. The molecular weight excluding hydrogens is 206 g/mol. The van der Waals surface area contributed by atoms with Crippen molar-refractivity contribution >= 4 is 0 Å². The molecule has 1 fully saturated rings. The molecule has 1 heterocycles. The van der Waals surface area contributed by atoms with Gasteiger partial charge in [0.05, 0.1) is 19.3 Å². The summed E-state index contributed by atoms with van der Waals surface area (Å²) in [6.07, 6.45) is 0.0382. The zero-order chi connectivity index (χ0) is 11.4. The molecule has 0 aliphatic carbocycles. The molecule has 1 atom stereocenters. The molecule has 1 aromatic carbocycles. The number of nitrogens with one attached hydrogen (secondary N) is 1. The van der Waals surface area contributed by atoms with Gasteiger partial charge in [0.1, 0.15) is 5.75 Å². The van der Waals surface area contributed by atoms with Crippen LogP contribution in [0.1, 0.15) is 17.2 Å². The van der Waals surface area contributed by atoms with Crippen LogP contribution in [-0.4, -0.2) is 31.9 Å². The van der Waals surface area contributed by atoms with Gasteiger partial charge in [0, 0.05) is 25.8 Å². The van der Waals surface area contributed by atoms with Gasteiger partial charge in [-0.1, -0.05) is 12.1 Å². The summed E-state index contributed by atoms with van der Waals surface area (Å²) in [5.41, 5.74) is 1.81. The van der Waals surface area contributed by atoms with Crippen molar-refractivity contribution in [1.29, 1.82) is 0 Å². The minimum Gasteiger partial charge on any atom is -0.508 e. The Bertz CT molecular complexity index is 348. The zero-order valence-corrected chi connectivity index (χ0v) is 9.40. The van der Waals surface area contributed by atoms with E-state index in [1.165, 1.54) is 0 Å². The maximum Gasteiger partial charge on any atom is 0.121 e. The van der Waals surface area contributed by atoms with E-state index in [9.17, 15) is 5.11 Å². The molecular formula is C12H17NO3. The van der Waals surface area contributed by atoms with Gasteiger partial charge < -0.3 is 19.9 Å². The molecule has 2 rings (SSSR count). The van der Waals surface area contributed by atoms with Crippen molar-refractivity contribution in [2.75, 3.05) is 26.8 Å². The second-order valence-corrected chi connectivity index (χ2v) is 3.88. The molecule has 0 spiro atoms. The number of ether oxygens (including phenoxy) is 2. The zero-order valence-electron chi connectivity index (χ0n) is 9.40. The number of rotatable bonds is 3. The number of benzene rings is 1.